The lowest BCUT2D eigenvalue weighted by molar-refractivity contribution is 0.0917. The monoisotopic (exact) mass is 205 g/mol. The molecule has 0 bridgehead atoms. The van der Waals surface area contributed by atoms with Crippen molar-refractivity contribution < 1.29 is 9.84 Å². The Morgan fingerprint density at radius 2 is 2.40 bits per heavy atom. The molecule has 0 aromatic carbocycles. The van der Waals surface area contributed by atoms with Crippen LogP contribution in [0.1, 0.15) is 30.2 Å². The number of hydrogen-bond acceptors (Lipinski definition) is 3. The van der Waals surface area contributed by atoms with Gasteiger partial charge in [-0.2, -0.15) is 0 Å². The molecule has 3 nitrogen and oxygen atoms in total. The molecule has 3 heteroatoms. The number of aliphatic hydroxyl groups is 1. The van der Waals surface area contributed by atoms with E-state index in [0.717, 1.165) is 24.1 Å². The van der Waals surface area contributed by atoms with E-state index in [2.05, 4.69) is 4.98 Å². The first-order valence-electron chi connectivity index (χ1n) is 5.21. The van der Waals surface area contributed by atoms with E-state index in [-0.39, 0.29) is 0 Å². The van der Waals surface area contributed by atoms with Gasteiger partial charge < -0.3 is 9.84 Å². The Labute approximate surface area is 89.4 Å². The number of hydrogen-bond donors (Lipinski definition) is 1. The highest BCUT2D eigenvalue weighted by Gasteiger charge is 2.16. The molecule has 0 fully saturated rings. The van der Waals surface area contributed by atoms with Gasteiger partial charge in [0.15, 0.2) is 0 Å². The molecule has 0 saturated heterocycles. The second kappa shape index (κ2) is 4.45. The normalized spacial score (nSPS) is 17.9. The molecule has 1 atom stereocenters. The average Bonchev–Trinajstić information content (AvgIpc) is 2.29. The smallest absolute Gasteiger partial charge is 0.136 e. The minimum absolute atomic E-state index is 0.646. The van der Waals surface area contributed by atoms with Crippen molar-refractivity contribution in [1.29, 1.82) is 0 Å². The summed E-state index contributed by atoms with van der Waals surface area (Å²) in [5, 5.41) is 10.0. The third-order valence-corrected chi connectivity index (χ3v) is 2.47. The zero-order valence-electron chi connectivity index (χ0n) is 8.81. The molecule has 0 saturated carbocycles. The Bertz CT molecular complexity index is 374. The van der Waals surface area contributed by atoms with Crippen LogP contribution in [0.4, 0.5) is 0 Å². The Balaban J connectivity index is 2.19. The van der Waals surface area contributed by atoms with Crippen LogP contribution in [-0.4, -0.2) is 16.7 Å². The van der Waals surface area contributed by atoms with Crippen molar-refractivity contribution in [2.24, 2.45) is 0 Å². The highest BCUT2D eigenvalue weighted by molar-refractivity contribution is 5.24. The predicted octanol–water partition coefficient (Wildman–Crippen LogP) is 2.12. The molecule has 0 spiro atoms. The van der Waals surface area contributed by atoms with Crippen LogP contribution in [-0.2, 0) is 4.74 Å². The minimum atomic E-state index is -0.646. The zero-order valence-corrected chi connectivity index (χ0v) is 8.81. The van der Waals surface area contributed by atoms with Crippen molar-refractivity contribution in [3.8, 4) is 0 Å². The van der Waals surface area contributed by atoms with Crippen LogP contribution in [0.3, 0.4) is 0 Å². The van der Waals surface area contributed by atoms with E-state index in [0.29, 0.717) is 12.4 Å². The average molecular weight is 205 g/mol. The lowest BCUT2D eigenvalue weighted by Gasteiger charge is -2.20. The quantitative estimate of drug-likeness (QED) is 0.804. The maximum Gasteiger partial charge on any atom is 0.136 e. The van der Waals surface area contributed by atoms with Crippen LogP contribution >= 0.6 is 0 Å². The molecule has 1 aliphatic rings. The molecule has 1 aliphatic heterocycles. The summed E-state index contributed by atoms with van der Waals surface area (Å²) in [6, 6.07) is 3.69. The predicted molar refractivity (Wildman–Crippen MR) is 57.2 cm³/mol. The molecule has 15 heavy (non-hydrogen) atoms. The summed E-state index contributed by atoms with van der Waals surface area (Å²) in [6.07, 6.45) is 5.04. The summed E-state index contributed by atoms with van der Waals surface area (Å²) >= 11 is 0. The van der Waals surface area contributed by atoms with Crippen LogP contribution in [0, 0.1) is 6.92 Å². The topological polar surface area (TPSA) is 42.4 Å². The van der Waals surface area contributed by atoms with Gasteiger partial charge in [-0.05, 0) is 43.5 Å². The van der Waals surface area contributed by atoms with Gasteiger partial charge in [0.2, 0.25) is 0 Å². The Hall–Kier alpha value is -1.35. The Morgan fingerprint density at radius 1 is 1.53 bits per heavy atom. The van der Waals surface area contributed by atoms with Crippen molar-refractivity contribution in [2.45, 2.75) is 25.9 Å². The third kappa shape index (κ3) is 2.36. The maximum absolute atomic E-state index is 10.0. The molecule has 1 aromatic rings. The third-order valence-electron chi connectivity index (χ3n) is 2.47. The second-order valence-corrected chi connectivity index (χ2v) is 3.73. The van der Waals surface area contributed by atoms with Gasteiger partial charge in [0.25, 0.3) is 0 Å². The van der Waals surface area contributed by atoms with Gasteiger partial charge in [-0.1, -0.05) is 0 Å². The lowest BCUT2D eigenvalue weighted by Crippen LogP contribution is -2.10. The first kappa shape index (κ1) is 10.2. The number of aromatic nitrogens is 1. The fourth-order valence-corrected chi connectivity index (χ4v) is 1.67. The van der Waals surface area contributed by atoms with Crippen molar-refractivity contribution in [3.05, 3.63) is 41.4 Å². The minimum Gasteiger partial charge on any atom is -0.495 e. The summed E-state index contributed by atoms with van der Waals surface area (Å²) in [5.41, 5.74) is 1.75. The zero-order chi connectivity index (χ0) is 10.7. The molecule has 0 radical (unpaired) electrons. The molecule has 0 aliphatic carbocycles. The van der Waals surface area contributed by atoms with E-state index in [1.807, 2.05) is 25.1 Å². The largest absolute Gasteiger partial charge is 0.495 e. The van der Waals surface area contributed by atoms with Gasteiger partial charge >= 0.3 is 0 Å². The maximum atomic E-state index is 10.0. The number of aryl methyl sites for hydroxylation is 1. The van der Waals surface area contributed by atoms with E-state index in [1.54, 1.807) is 6.20 Å². The Morgan fingerprint density at radius 3 is 3.07 bits per heavy atom. The standard InChI is InChI=1S/C12H15NO2/c1-9-8-10(5-6-13-9)12(14)11-4-2-3-7-15-11/h4-6,8,12,14H,2-3,7H2,1H3. The number of pyridine rings is 1. The molecular weight excluding hydrogens is 190 g/mol. The summed E-state index contributed by atoms with van der Waals surface area (Å²) < 4.78 is 5.42. The van der Waals surface area contributed by atoms with Crippen LogP contribution in [0.5, 0.6) is 0 Å². The number of allylic oxidation sites excluding steroid dienone is 1. The number of rotatable bonds is 2. The highest BCUT2D eigenvalue weighted by atomic mass is 16.5. The number of nitrogens with zero attached hydrogens (tertiary/aromatic N) is 1. The van der Waals surface area contributed by atoms with E-state index in [1.165, 1.54) is 0 Å². The van der Waals surface area contributed by atoms with Crippen LogP contribution in [0.15, 0.2) is 30.2 Å². The summed E-state index contributed by atoms with van der Waals surface area (Å²) in [5.74, 6) is 0.673. The Kier molecular flexibility index (Phi) is 3.02. The van der Waals surface area contributed by atoms with Gasteiger partial charge in [-0.3, -0.25) is 4.98 Å². The number of aliphatic hydroxyl groups excluding tert-OH is 1. The van der Waals surface area contributed by atoms with Crippen LogP contribution < -0.4 is 0 Å². The van der Waals surface area contributed by atoms with Crippen molar-refractivity contribution >= 4 is 0 Å². The number of ether oxygens (including phenoxy) is 1. The summed E-state index contributed by atoms with van der Waals surface area (Å²) in [6.45, 7) is 2.61. The van der Waals surface area contributed by atoms with Crippen LogP contribution in [0.25, 0.3) is 0 Å². The summed E-state index contributed by atoms with van der Waals surface area (Å²) in [7, 11) is 0. The van der Waals surface area contributed by atoms with Gasteiger partial charge in [0, 0.05) is 11.9 Å². The van der Waals surface area contributed by atoms with E-state index >= 15 is 0 Å². The van der Waals surface area contributed by atoms with Gasteiger partial charge in [-0.15, -0.1) is 0 Å². The molecule has 2 heterocycles. The van der Waals surface area contributed by atoms with Crippen LogP contribution in [0.2, 0.25) is 0 Å². The summed E-state index contributed by atoms with van der Waals surface area (Å²) in [4.78, 5) is 4.10. The van der Waals surface area contributed by atoms with Gasteiger partial charge in [0.05, 0.1) is 6.61 Å². The molecule has 0 amide bonds. The highest BCUT2D eigenvalue weighted by Crippen LogP contribution is 2.25. The first-order chi connectivity index (χ1) is 7.27. The first-order valence-corrected chi connectivity index (χ1v) is 5.21. The van der Waals surface area contributed by atoms with Crippen molar-refractivity contribution in [1.82, 2.24) is 4.98 Å². The van der Waals surface area contributed by atoms with E-state index in [4.69, 9.17) is 4.74 Å². The molecule has 1 N–H and O–H groups in total. The molecule has 2 rings (SSSR count). The van der Waals surface area contributed by atoms with Crippen molar-refractivity contribution in [3.63, 3.8) is 0 Å². The molecule has 1 unspecified atom stereocenters. The molecule has 80 valence electrons. The van der Waals surface area contributed by atoms with E-state index in [9.17, 15) is 5.11 Å². The lowest BCUT2D eigenvalue weighted by atomic mass is 10.1. The second-order valence-electron chi connectivity index (χ2n) is 3.73. The molecular formula is C12H15NO2. The van der Waals surface area contributed by atoms with Gasteiger partial charge in [0.1, 0.15) is 11.9 Å². The SMILES string of the molecule is Cc1cc(C(O)C2=CCCCO2)ccn1. The fourth-order valence-electron chi connectivity index (χ4n) is 1.67. The van der Waals surface area contributed by atoms with E-state index < -0.39 is 6.10 Å². The van der Waals surface area contributed by atoms with Gasteiger partial charge in [-0.25, -0.2) is 0 Å². The van der Waals surface area contributed by atoms with Crippen molar-refractivity contribution in [2.75, 3.05) is 6.61 Å². The fraction of sp³-hybridized carbons (Fsp3) is 0.417. The molecule has 1 aromatic heterocycles.